The number of aromatic nitrogens is 2. The molecule has 156 valence electrons. The van der Waals surface area contributed by atoms with Gasteiger partial charge in [-0.25, -0.2) is 4.98 Å². The number of aliphatic hydroxyl groups excluding tert-OH is 1. The molecule has 2 heterocycles. The minimum atomic E-state index is -4.65. The van der Waals surface area contributed by atoms with Gasteiger partial charge in [-0.2, -0.15) is 18.2 Å². The van der Waals surface area contributed by atoms with Crippen LogP contribution in [0.4, 0.5) is 36.3 Å². The summed E-state index contributed by atoms with van der Waals surface area (Å²) in [5.74, 6) is -0.279. The standard InChI is InChI=1S/C19H22F3N5O2/c1-11(2)5-6-27(10-28)17-14(19(20,21)22)9-23-18(26-17)24-13-3-4-15-12(7-13)8-16(29)25-15/h3-4,7,9,11,28H,5-6,8,10H2,1-2H3,(H,25,29)(H,23,24,26). The zero-order chi connectivity index (χ0) is 21.2. The zero-order valence-electron chi connectivity index (χ0n) is 16.0. The van der Waals surface area contributed by atoms with Crippen molar-refractivity contribution in [3.8, 4) is 0 Å². The van der Waals surface area contributed by atoms with Gasteiger partial charge in [-0.05, 0) is 36.1 Å². The Morgan fingerprint density at radius 2 is 2.10 bits per heavy atom. The molecule has 0 saturated heterocycles. The van der Waals surface area contributed by atoms with Gasteiger partial charge in [0.15, 0.2) is 0 Å². The molecule has 10 heteroatoms. The molecular weight excluding hydrogens is 387 g/mol. The van der Waals surface area contributed by atoms with Gasteiger partial charge in [0.25, 0.3) is 0 Å². The van der Waals surface area contributed by atoms with Gasteiger partial charge in [0.1, 0.15) is 18.1 Å². The molecule has 1 aromatic heterocycles. The number of carbonyl (C=O) groups excluding carboxylic acids is 1. The van der Waals surface area contributed by atoms with Crippen LogP contribution in [0.3, 0.4) is 0 Å². The van der Waals surface area contributed by atoms with Crippen LogP contribution in [-0.2, 0) is 17.4 Å². The third-order valence-electron chi connectivity index (χ3n) is 4.51. The summed E-state index contributed by atoms with van der Waals surface area (Å²) in [6.07, 6.45) is -3.12. The number of halogens is 3. The number of carbonyl (C=O) groups is 1. The van der Waals surface area contributed by atoms with E-state index in [1.54, 1.807) is 18.2 Å². The summed E-state index contributed by atoms with van der Waals surface area (Å²) in [6.45, 7) is 3.51. The summed E-state index contributed by atoms with van der Waals surface area (Å²) in [5.41, 5.74) is 1.02. The normalized spacial score (nSPS) is 13.4. The molecule has 1 aliphatic heterocycles. The topological polar surface area (TPSA) is 90.4 Å². The van der Waals surface area contributed by atoms with Crippen molar-refractivity contribution in [2.45, 2.75) is 32.9 Å². The fourth-order valence-electron chi connectivity index (χ4n) is 2.97. The minimum Gasteiger partial charge on any atom is -0.376 e. The fraction of sp³-hybridized carbons (Fsp3) is 0.421. The molecule has 0 aliphatic carbocycles. The van der Waals surface area contributed by atoms with Gasteiger partial charge in [0, 0.05) is 24.1 Å². The SMILES string of the molecule is CC(C)CCN(CO)c1nc(Nc2ccc3c(c2)CC(=O)N3)ncc1C(F)(F)F. The first kappa shape index (κ1) is 20.8. The van der Waals surface area contributed by atoms with Crippen LogP contribution in [0, 0.1) is 5.92 Å². The van der Waals surface area contributed by atoms with E-state index in [1.165, 1.54) is 4.90 Å². The average Bonchev–Trinajstić information content (AvgIpc) is 3.00. The number of aliphatic hydroxyl groups is 1. The van der Waals surface area contributed by atoms with Crippen molar-refractivity contribution < 1.29 is 23.1 Å². The molecule has 0 spiro atoms. The maximum absolute atomic E-state index is 13.4. The first-order chi connectivity index (χ1) is 13.7. The van der Waals surface area contributed by atoms with E-state index in [0.29, 0.717) is 24.0 Å². The van der Waals surface area contributed by atoms with Crippen molar-refractivity contribution in [3.63, 3.8) is 0 Å². The second-order valence-corrected chi connectivity index (χ2v) is 7.24. The van der Waals surface area contributed by atoms with Gasteiger partial charge >= 0.3 is 6.18 Å². The summed E-state index contributed by atoms with van der Waals surface area (Å²) in [5, 5.41) is 15.2. The second-order valence-electron chi connectivity index (χ2n) is 7.24. The summed E-state index contributed by atoms with van der Waals surface area (Å²) in [4.78, 5) is 20.5. The van der Waals surface area contributed by atoms with Crippen LogP contribution in [0.1, 0.15) is 31.4 Å². The van der Waals surface area contributed by atoms with Gasteiger partial charge in [-0.1, -0.05) is 13.8 Å². The van der Waals surface area contributed by atoms with Gasteiger partial charge in [0.05, 0.1) is 6.42 Å². The summed E-state index contributed by atoms with van der Waals surface area (Å²) in [7, 11) is 0. The number of nitrogens with one attached hydrogen (secondary N) is 2. The Labute approximate surface area is 166 Å². The van der Waals surface area contributed by atoms with E-state index in [9.17, 15) is 23.1 Å². The highest BCUT2D eigenvalue weighted by atomic mass is 19.4. The number of alkyl halides is 3. The van der Waals surface area contributed by atoms with Crippen LogP contribution in [0.15, 0.2) is 24.4 Å². The van der Waals surface area contributed by atoms with E-state index in [1.807, 2.05) is 13.8 Å². The summed E-state index contributed by atoms with van der Waals surface area (Å²) in [6, 6.07) is 5.10. The number of hydrogen-bond donors (Lipinski definition) is 3. The van der Waals surface area contributed by atoms with E-state index in [-0.39, 0.29) is 36.6 Å². The molecule has 2 aromatic rings. The summed E-state index contributed by atoms with van der Waals surface area (Å²) < 4.78 is 40.3. The molecule has 7 nitrogen and oxygen atoms in total. The number of rotatable bonds is 7. The monoisotopic (exact) mass is 409 g/mol. The van der Waals surface area contributed by atoms with Crippen molar-refractivity contribution in [1.29, 1.82) is 0 Å². The highest BCUT2D eigenvalue weighted by molar-refractivity contribution is 5.99. The molecule has 0 radical (unpaired) electrons. The lowest BCUT2D eigenvalue weighted by molar-refractivity contribution is -0.137. The molecule has 1 aliphatic rings. The lowest BCUT2D eigenvalue weighted by Gasteiger charge is -2.25. The Morgan fingerprint density at radius 3 is 2.76 bits per heavy atom. The molecule has 3 rings (SSSR count). The highest BCUT2D eigenvalue weighted by Crippen LogP contribution is 2.36. The highest BCUT2D eigenvalue weighted by Gasteiger charge is 2.37. The van der Waals surface area contributed by atoms with E-state index in [4.69, 9.17) is 0 Å². The van der Waals surface area contributed by atoms with Gasteiger partial charge < -0.3 is 20.6 Å². The lowest BCUT2D eigenvalue weighted by atomic mass is 10.1. The van der Waals surface area contributed by atoms with Gasteiger partial charge in [0.2, 0.25) is 11.9 Å². The van der Waals surface area contributed by atoms with Crippen LogP contribution in [-0.4, -0.2) is 34.3 Å². The largest absolute Gasteiger partial charge is 0.421 e. The molecule has 0 bridgehead atoms. The number of amides is 1. The third kappa shape index (κ3) is 4.94. The molecule has 0 saturated carbocycles. The predicted molar refractivity (Wildman–Crippen MR) is 103 cm³/mol. The van der Waals surface area contributed by atoms with Crippen LogP contribution in [0.2, 0.25) is 0 Å². The summed E-state index contributed by atoms with van der Waals surface area (Å²) >= 11 is 0. The molecule has 3 N–H and O–H groups in total. The predicted octanol–water partition coefficient (Wildman–Crippen LogP) is 3.54. The number of nitrogens with zero attached hydrogens (tertiary/aromatic N) is 3. The average molecular weight is 409 g/mol. The Hall–Kier alpha value is -2.88. The molecule has 0 fully saturated rings. The van der Waals surface area contributed by atoms with Crippen LogP contribution in [0.5, 0.6) is 0 Å². The number of anilines is 4. The first-order valence-electron chi connectivity index (χ1n) is 9.17. The molecule has 1 aromatic carbocycles. The van der Waals surface area contributed by atoms with Gasteiger partial charge in [-0.15, -0.1) is 0 Å². The van der Waals surface area contributed by atoms with Gasteiger partial charge in [-0.3, -0.25) is 4.79 Å². The maximum Gasteiger partial charge on any atom is 0.421 e. The van der Waals surface area contributed by atoms with E-state index < -0.39 is 18.5 Å². The van der Waals surface area contributed by atoms with Crippen molar-refractivity contribution in [3.05, 3.63) is 35.5 Å². The lowest BCUT2D eigenvalue weighted by Crippen LogP contribution is -2.30. The molecule has 1 amide bonds. The van der Waals surface area contributed by atoms with Crippen LogP contribution < -0.4 is 15.5 Å². The molecule has 0 unspecified atom stereocenters. The van der Waals surface area contributed by atoms with E-state index >= 15 is 0 Å². The Bertz CT molecular complexity index is 902. The zero-order valence-corrected chi connectivity index (χ0v) is 16.0. The Kier molecular flexibility index (Phi) is 5.92. The van der Waals surface area contributed by atoms with Crippen molar-refractivity contribution in [1.82, 2.24) is 9.97 Å². The minimum absolute atomic E-state index is 0.0340. The Morgan fingerprint density at radius 1 is 1.34 bits per heavy atom. The number of hydrogen-bond acceptors (Lipinski definition) is 6. The van der Waals surface area contributed by atoms with E-state index in [0.717, 1.165) is 5.56 Å². The first-order valence-corrected chi connectivity index (χ1v) is 9.17. The Balaban J connectivity index is 1.90. The number of fused-ring (bicyclic) bond motifs is 1. The third-order valence-corrected chi connectivity index (χ3v) is 4.51. The quantitative estimate of drug-likeness (QED) is 0.606. The smallest absolute Gasteiger partial charge is 0.376 e. The molecule has 29 heavy (non-hydrogen) atoms. The van der Waals surface area contributed by atoms with Crippen molar-refractivity contribution in [2.24, 2.45) is 5.92 Å². The van der Waals surface area contributed by atoms with E-state index in [2.05, 4.69) is 20.6 Å². The van der Waals surface area contributed by atoms with Crippen molar-refractivity contribution in [2.75, 3.05) is 28.8 Å². The van der Waals surface area contributed by atoms with Crippen LogP contribution >= 0.6 is 0 Å². The maximum atomic E-state index is 13.4. The second kappa shape index (κ2) is 8.24. The molecule has 0 atom stereocenters. The van der Waals surface area contributed by atoms with Crippen LogP contribution in [0.25, 0.3) is 0 Å². The molecular formula is C19H22F3N5O2. The number of benzene rings is 1. The van der Waals surface area contributed by atoms with Crippen molar-refractivity contribution >= 4 is 29.0 Å². The fourth-order valence-corrected chi connectivity index (χ4v) is 2.97.